The lowest BCUT2D eigenvalue weighted by Crippen LogP contribution is -2.59. The molecule has 12 N–H and O–H groups in total. The molecule has 1 aromatic heterocycles. The van der Waals surface area contributed by atoms with Gasteiger partial charge in [0, 0.05) is 24.9 Å². The maximum Gasteiger partial charge on any atom is 0.328 e. The molecule has 0 aliphatic rings. The second-order valence-electron chi connectivity index (χ2n) is 9.15. The van der Waals surface area contributed by atoms with Crippen molar-refractivity contribution in [1.82, 2.24) is 25.9 Å². The summed E-state index contributed by atoms with van der Waals surface area (Å²) in [6.45, 7) is 5.23. The highest BCUT2D eigenvalue weighted by Gasteiger charge is 2.32. The van der Waals surface area contributed by atoms with Gasteiger partial charge >= 0.3 is 5.97 Å². The normalized spacial score (nSPS) is 15.1. The third-order valence-corrected chi connectivity index (χ3v) is 5.30. The molecule has 208 valence electrons. The minimum absolute atomic E-state index is 0.000606. The molecule has 0 spiro atoms. The van der Waals surface area contributed by atoms with E-state index < -0.39 is 54.0 Å². The number of hydrogen-bond acceptors (Lipinski definition) is 8. The number of amides is 3. The Balaban J connectivity index is 2.98. The number of hydrogen-bond donors (Lipinski definition) is 9. The first-order valence-electron chi connectivity index (χ1n) is 11.9. The van der Waals surface area contributed by atoms with Crippen molar-refractivity contribution in [3.05, 3.63) is 18.2 Å². The van der Waals surface area contributed by atoms with E-state index in [4.69, 9.17) is 17.2 Å². The summed E-state index contributed by atoms with van der Waals surface area (Å²) in [7, 11) is 0. The molecule has 0 aliphatic heterocycles. The lowest BCUT2D eigenvalue weighted by Gasteiger charge is -2.26. The Labute approximate surface area is 215 Å². The first kappa shape index (κ1) is 31.3. The van der Waals surface area contributed by atoms with Gasteiger partial charge in [-0.05, 0) is 32.1 Å². The molecule has 1 rings (SSSR count). The number of aliphatic hydroxyl groups is 1. The molecular weight excluding hydrogens is 486 g/mol. The van der Waals surface area contributed by atoms with Crippen LogP contribution in [0.3, 0.4) is 0 Å². The second kappa shape index (κ2) is 15.4. The maximum atomic E-state index is 13.2. The van der Waals surface area contributed by atoms with Gasteiger partial charge in [-0.15, -0.1) is 0 Å². The first-order chi connectivity index (χ1) is 17.3. The van der Waals surface area contributed by atoms with E-state index in [9.17, 15) is 29.4 Å². The number of nitrogens with zero attached hydrogens (tertiary/aromatic N) is 2. The van der Waals surface area contributed by atoms with Crippen LogP contribution in [0.15, 0.2) is 17.5 Å². The Kier molecular flexibility index (Phi) is 13.0. The van der Waals surface area contributed by atoms with E-state index in [0.717, 1.165) is 0 Å². The summed E-state index contributed by atoms with van der Waals surface area (Å²) in [5.74, 6) is -3.54. The van der Waals surface area contributed by atoms with Crippen molar-refractivity contribution in [2.45, 2.75) is 76.7 Å². The first-order valence-corrected chi connectivity index (χ1v) is 11.9. The fraction of sp³-hybridized carbons (Fsp3) is 0.636. The number of rotatable bonds is 16. The van der Waals surface area contributed by atoms with Gasteiger partial charge in [-0.1, -0.05) is 13.8 Å². The van der Waals surface area contributed by atoms with Crippen molar-refractivity contribution < 1.29 is 29.4 Å². The van der Waals surface area contributed by atoms with Gasteiger partial charge in [-0.3, -0.25) is 19.4 Å². The van der Waals surface area contributed by atoms with Gasteiger partial charge in [0.25, 0.3) is 0 Å². The number of guanidine groups is 1. The lowest BCUT2D eigenvalue weighted by molar-refractivity contribution is -0.145. The van der Waals surface area contributed by atoms with Gasteiger partial charge in [-0.25, -0.2) is 9.78 Å². The number of carboxylic acid groups (broad SMARTS) is 1. The Morgan fingerprint density at radius 2 is 1.68 bits per heavy atom. The smallest absolute Gasteiger partial charge is 0.328 e. The fourth-order valence-corrected chi connectivity index (χ4v) is 3.37. The minimum atomic E-state index is -1.59. The Hall–Kier alpha value is -3.72. The van der Waals surface area contributed by atoms with E-state index in [0.29, 0.717) is 18.7 Å². The van der Waals surface area contributed by atoms with Crippen LogP contribution >= 0.6 is 0 Å². The predicted octanol–water partition coefficient (Wildman–Crippen LogP) is -2.70. The van der Waals surface area contributed by atoms with Crippen molar-refractivity contribution in [1.29, 1.82) is 0 Å². The van der Waals surface area contributed by atoms with Crippen LogP contribution < -0.4 is 33.2 Å². The summed E-state index contributed by atoms with van der Waals surface area (Å²) in [6, 6.07) is -4.74. The molecule has 0 saturated carbocycles. The van der Waals surface area contributed by atoms with Gasteiger partial charge in [0.15, 0.2) is 12.0 Å². The molecule has 5 unspecified atom stereocenters. The molecule has 1 aromatic rings. The second-order valence-corrected chi connectivity index (χ2v) is 9.15. The number of aromatic nitrogens is 2. The SMILES string of the molecule is CC(C)CC(NC(=O)C(N)CCCN=C(N)N)C(=O)NC(Cc1cnc[nH]1)C(=O)NC(C(=O)O)C(C)O. The number of H-pyrrole nitrogens is 1. The van der Waals surface area contributed by atoms with Crippen molar-refractivity contribution in [2.24, 2.45) is 28.1 Å². The number of carbonyl (C=O) groups is 4. The summed E-state index contributed by atoms with van der Waals surface area (Å²) in [4.78, 5) is 60.7. The number of nitrogens with two attached hydrogens (primary N) is 3. The van der Waals surface area contributed by atoms with E-state index in [-0.39, 0.29) is 31.1 Å². The number of aliphatic imine (C=N–C) groups is 1. The Morgan fingerprint density at radius 3 is 2.19 bits per heavy atom. The number of nitrogens with one attached hydrogen (secondary N) is 4. The van der Waals surface area contributed by atoms with Crippen molar-refractivity contribution >= 4 is 29.7 Å². The zero-order valence-corrected chi connectivity index (χ0v) is 21.3. The molecule has 0 saturated heterocycles. The summed E-state index contributed by atoms with van der Waals surface area (Å²) in [6.07, 6.45) is 2.39. The number of aliphatic carboxylic acids is 1. The lowest BCUT2D eigenvalue weighted by atomic mass is 10.0. The van der Waals surface area contributed by atoms with Crippen molar-refractivity contribution in [3.63, 3.8) is 0 Å². The Morgan fingerprint density at radius 1 is 1.05 bits per heavy atom. The van der Waals surface area contributed by atoms with Crippen LogP contribution in [0.2, 0.25) is 0 Å². The van der Waals surface area contributed by atoms with Crippen LogP contribution in [0.25, 0.3) is 0 Å². The monoisotopic (exact) mass is 525 g/mol. The third-order valence-electron chi connectivity index (χ3n) is 5.30. The van der Waals surface area contributed by atoms with Crippen LogP contribution in [-0.2, 0) is 25.6 Å². The van der Waals surface area contributed by atoms with Crippen molar-refractivity contribution in [2.75, 3.05) is 6.54 Å². The van der Waals surface area contributed by atoms with Crippen LogP contribution in [0.1, 0.15) is 45.7 Å². The molecule has 15 nitrogen and oxygen atoms in total. The fourth-order valence-electron chi connectivity index (χ4n) is 3.37. The summed E-state index contributed by atoms with van der Waals surface area (Å²) in [5, 5.41) is 26.5. The molecule has 0 radical (unpaired) electrons. The van der Waals surface area contributed by atoms with E-state index >= 15 is 0 Å². The number of imidazole rings is 1. The topological polar surface area (TPSA) is 264 Å². The van der Waals surface area contributed by atoms with Gasteiger partial charge in [-0.2, -0.15) is 0 Å². The molecular formula is C22H39N9O6. The van der Waals surface area contributed by atoms with E-state index in [1.807, 2.05) is 13.8 Å². The molecule has 5 atom stereocenters. The van der Waals surface area contributed by atoms with Crippen LogP contribution in [-0.4, -0.2) is 86.6 Å². The quantitative estimate of drug-likeness (QED) is 0.0612. The molecule has 0 aliphatic carbocycles. The minimum Gasteiger partial charge on any atom is -0.480 e. The van der Waals surface area contributed by atoms with E-state index in [1.165, 1.54) is 19.4 Å². The number of aromatic amines is 1. The van der Waals surface area contributed by atoms with Gasteiger partial charge < -0.3 is 48.3 Å². The summed E-state index contributed by atoms with van der Waals surface area (Å²) < 4.78 is 0. The largest absolute Gasteiger partial charge is 0.480 e. The van der Waals surface area contributed by atoms with Gasteiger partial charge in [0.2, 0.25) is 17.7 Å². The highest BCUT2D eigenvalue weighted by atomic mass is 16.4. The molecule has 3 amide bonds. The zero-order chi connectivity index (χ0) is 28.1. The van der Waals surface area contributed by atoms with Crippen LogP contribution in [0.5, 0.6) is 0 Å². The maximum absolute atomic E-state index is 13.2. The third kappa shape index (κ3) is 11.7. The predicted molar refractivity (Wildman–Crippen MR) is 135 cm³/mol. The molecule has 1 heterocycles. The summed E-state index contributed by atoms with van der Waals surface area (Å²) >= 11 is 0. The van der Waals surface area contributed by atoms with E-state index in [1.54, 1.807) is 0 Å². The average molecular weight is 526 g/mol. The van der Waals surface area contributed by atoms with Crippen LogP contribution in [0, 0.1) is 5.92 Å². The van der Waals surface area contributed by atoms with Crippen LogP contribution in [0.4, 0.5) is 0 Å². The van der Waals surface area contributed by atoms with E-state index in [2.05, 4.69) is 30.9 Å². The van der Waals surface area contributed by atoms with Crippen molar-refractivity contribution in [3.8, 4) is 0 Å². The molecule has 0 fully saturated rings. The molecule has 15 heteroatoms. The highest BCUT2D eigenvalue weighted by Crippen LogP contribution is 2.08. The average Bonchev–Trinajstić information content (AvgIpc) is 3.31. The van der Waals surface area contributed by atoms with Gasteiger partial charge in [0.05, 0.1) is 18.5 Å². The standard InChI is InChI=1S/C22H39N9O6/c1-11(2)7-15(29-18(33)14(23)5-4-6-27-22(24)25)19(34)30-16(8-13-9-26-10-28-13)20(35)31-17(12(3)32)21(36)37/h9-12,14-17,32H,4-8,23H2,1-3H3,(H,26,28)(H,29,33)(H,30,34)(H,31,35)(H,36,37)(H4,24,25,27). The number of carboxylic acids is 1. The summed E-state index contributed by atoms with van der Waals surface area (Å²) in [5.41, 5.74) is 17.0. The highest BCUT2D eigenvalue weighted by molar-refractivity contribution is 5.94. The zero-order valence-electron chi connectivity index (χ0n) is 21.3. The molecule has 0 bridgehead atoms. The molecule has 0 aromatic carbocycles. The Bertz CT molecular complexity index is 916. The number of aliphatic hydroxyl groups excluding tert-OH is 1. The number of carbonyl (C=O) groups excluding carboxylic acids is 3. The molecule has 37 heavy (non-hydrogen) atoms. The van der Waals surface area contributed by atoms with Gasteiger partial charge in [0.1, 0.15) is 12.1 Å².